The molecule has 8 nitrogen and oxygen atoms in total. The number of ether oxygens (including phenoxy) is 1. The molecule has 2 aromatic heterocycles. The number of hydrogen-bond acceptors (Lipinski definition) is 6. The van der Waals surface area contributed by atoms with E-state index in [2.05, 4.69) is 29.0 Å². The Morgan fingerprint density at radius 1 is 1.03 bits per heavy atom. The van der Waals surface area contributed by atoms with Gasteiger partial charge in [0.15, 0.2) is 0 Å². The summed E-state index contributed by atoms with van der Waals surface area (Å²) in [4.78, 5) is 27.5. The van der Waals surface area contributed by atoms with Crippen molar-refractivity contribution in [2.45, 2.75) is 26.3 Å². The topological polar surface area (TPSA) is 107 Å². The second-order valence-electron chi connectivity index (χ2n) is 7.80. The fourth-order valence-corrected chi connectivity index (χ4v) is 3.22. The highest BCUT2D eigenvalue weighted by atomic mass is 16.5. The summed E-state index contributed by atoms with van der Waals surface area (Å²) in [7, 11) is 0. The largest absolute Gasteiger partial charge is 0.478 e. The van der Waals surface area contributed by atoms with Gasteiger partial charge in [-0.25, -0.2) is 9.78 Å². The molecule has 0 aliphatic rings. The Hall–Kier alpha value is -4.33. The molecule has 4 rings (SSSR count). The predicted molar refractivity (Wildman–Crippen MR) is 123 cm³/mol. The summed E-state index contributed by atoms with van der Waals surface area (Å²) >= 11 is 0. The zero-order chi connectivity index (χ0) is 23.4. The van der Waals surface area contributed by atoms with Gasteiger partial charge in [0, 0.05) is 23.4 Å². The summed E-state index contributed by atoms with van der Waals surface area (Å²) in [5, 5.41) is 17.9. The minimum atomic E-state index is -1.07. The normalized spacial score (nSPS) is 10.9. The zero-order valence-corrected chi connectivity index (χ0v) is 18.2. The molecule has 2 heterocycles. The van der Waals surface area contributed by atoms with Crippen LogP contribution in [0.15, 0.2) is 78.0 Å². The SMILES string of the molecule is CC(C)c1ccc(-c2ccc(Oc3cc(C(=O)O)ccc3Cn3cnccc3=O)cc2)nn1. The van der Waals surface area contributed by atoms with Crippen LogP contribution in [0.2, 0.25) is 0 Å². The number of carboxylic acid groups (broad SMARTS) is 1. The highest BCUT2D eigenvalue weighted by Crippen LogP contribution is 2.29. The molecule has 0 radical (unpaired) electrons. The van der Waals surface area contributed by atoms with Crippen molar-refractivity contribution in [3.8, 4) is 22.8 Å². The third kappa shape index (κ3) is 5.12. The van der Waals surface area contributed by atoms with Crippen LogP contribution in [0.25, 0.3) is 11.3 Å². The summed E-state index contributed by atoms with van der Waals surface area (Å²) in [6.07, 6.45) is 2.85. The number of nitrogens with zero attached hydrogens (tertiary/aromatic N) is 4. The lowest BCUT2D eigenvalue weighted by molar-refractivity contribution is 0.0696. The molecular weight excluding hydrogens is 420 g/mol. The van der Waals surface area contributed by atoms with Crippen molar-refractivity contribution in [1.82, 2.24) is 19.7 Å². The van der Waals surface area contributed by atoms with Gasteiger partial charge in [-0.1, -0.05) is 19.9 Å². The highest BCUT2D eigenvalue weighted by Gasteiger charge is 2.12. The van der Waals surface area contributed by atoms with Crippen molar-refractivity contribution in [2.75, 3.05) is 0 Å². The summed E-state index contributed by atoms with van der Waals surface area (Å²) in [5.74, 6) is 0.108. The summed E-state index contributed by atoms with van der Waals surface area (Å²) in [5.41, 5.74) is 3.07. The van der Waals surface area contributed by atoms with E-state index in [-0.39, 0.29) is 17.7 Å². The first-order valence-corrected chi connectivity index (χ1v) is 10.4. The number of carbonyl (C=O) groups is 1. The molecule has 0 unspecified atom stereocenters. The summed E-state index contributed by atoms with van der Waals surface area (Å²) < 4.78 is 7.44. The van der Waals surface area contributed by atoms with Gasteiger partial charge < -0.3 is 9.84 Å². The maximum absolute atomic E-state index is 12.1. The van der Waals surface area contributed by atoms with E-state index >= 15 is 0 Å². The van der Waals surface area contributed by atoms with Gasteiger partial charge in [0.2, 0.25) is 0 Å². The maximum atomic E-state index is 12.1. The van der Waals surface area contributed by atoms with Crippen molar-refractivity contribution in [3.63, 3.8) is 0 Å². The lowest BCUT2D eigenvalue weighted by Crippen LogP contribution is -2.19. The third-order valence-electron chi connectivity index (χ3n) is 5.10. The van der Waals surface area contributed by atoms with Gasteiger partial charge in [-0.3, -0.25) is 9.36 Å². The Balaban J connectivity index is 1.60. The van der Waals surface area contributed by atoms with Crippen molar-refractivity contribution in [3.05, 3.63) is 100 Å². The van der Waals surface area contributed by atoms with Crippen LogP contribution in [0.3, 0.4) is 0 Å². The Labute approximate surface area is 190 Å². The van der Waals surface area contributed by atoms with Crippen molar-refractivity contribution in [1.29, 1.82) is 0 Å². The molecule has 0 atom stereocenters. The lowest BCUT2D eigenvalue weighted by Gasteiger charge is -2.13. The van der Waals surface area contributed by atoms with Gasteiger partial charge in [0.1, 0.15) is 11.5 Å². The fourth-order valence-electron chi connectivity index (χ4n) is 3.22. The van der Waals surface area contributed by atoms with Crippen LogP contribution in [-0.2, 0) is 6.54 Å². The van der Waals surface area contributed by atoms with E-state index < -0.39 is 5.97 Å². The molecule has 0 aliphatic heterocycles. The van der Waals surface area contributed by atoms with Crippen LogP contribution >= 0.6 is 0 Å². The third-order valence-corrected chi connectivity index (χ3v) is 5.10. The summed E-state index contributed by atoms with van der Waals surface area (Å²) in [6, 6.07) is 17.1. The Morgan fingerprint density at radius 3 is 2.45 bits per heavy atom. The molecule has 1 N–H and O–H groups in total. The minimum Gasteiger partial charge on any atom is -0.478 e. The number of carboxylic acids is 1. The highest BCUT2D eigenvalue weighted by molar-refractivity contribution is 5.88. The Kier molecular flexibility index (Phi) is 6.26. The van der Waals surface area contributed by atoms with E-state index in [1.54, 1.807) is 18.2 Å². The predicted octanol–water partition coefficient (Wildman–Crippen LogP) is 4.36. The molecule has 0 spiro atoms. The monoisotopic (exact) mass is 442 g/mol. The van der Waals surface area contributed by atoms with Crippen LogP contribution in [0.4, 0.5) is 0 Å². The van der Waals surface area contributed by atoms with E-state index in [9.17, 15) is 14.7 Å². The second kappa shape index (κ2) is 9.44. The smallest absolute Gasteiger partial charge is 0.335 e. The van der Waals surface area contributed by atoms with Crippen molar-refractivity contribution in [2.24, 2.45) is 0 Å². The van der Waals surface area contributed by atoms with E-state index in [0.29, 0.717) is 23.0 Å². The molecule has 0 saturated carbocycles. The maximum Gasteiger partial charge on any atom is 0.335 e. The molecule has 166 valence electrons. The van der Waals surface area contributed by atoms with Gasteiger partial charge >= 0.3 is 5.97 Å². The zero-order valence-electron chi connectivity index (χ0n) is 18.2. The average Bonchev–Trinajstić information content (AvgIpc) is 2.82. The number of aromatic carboxylic acids is 1. The Bertz CT molecular complexity index is 1330. The van der Waals surface area contributed by atoms with Crippen molar-refractivity contribution < 1.29 is 14.6 Å². The van der Waals surface area contributed by atoms with Gasteiger partial charge in [0.05, 0.1) is 29.8 Å². The van der Waals surface area contributed by atoms with Crippen molar-refractivity contribution >= 4 is 5.97 Å². The molecule has 0 bridgehead atoms. The van der Waals surface area contributed by atoms with Crippen LogP contribution in [0.5, 0.6) is 11.5 Å². The first kappa shape index (κ1) is 21.9. The van der Waals surface area contributed by atoms with E-state index in [4.69, 9.17) is 4.74 Å². The molecule has 33 heavy (non-hydrogen) atoms. The van der Waals surface area contributed by atoms with Gasteiger partial charge in [-0.05, 0) is 54.4 Å². The number of hydrogen-bond donors (Lipinski definition) is 1. The first-order chi connectivity index (χ1) is 15.9. The van der Waals surface area contributed by atoms with Gasteiger partial charge in [-0.2, -0.15) is 10.2 Å². The standard InChI is InChI=1S/C25H22N4O4/c1-16(2)21-9-10-22(28-27-21)17-5-7-20(8-6-17)33-23-13-18(25(31)32)3-4-19(23)14-29-15-26-12-11-24(29)30/h3-13,15-16H,14H2,1-2H3,(H,31,32). The van der Waals surface area contributed by atoms with Crippen LogP contribution < -0.4 is 10.3 Å². The van der Waals surface area contributed by atoms with E-state index in [1.165, 1.54) is 35.3 Å². The van der Waals surface area contributed by atoms with Crippen LogP contribution in [0, 0.1) is 0 Å². The molecule has 0 saturated heterocycles. The Morgan fingerprint density at radius 2 is 1.82 bits per heavy atom. The fraction of sp³-hybridized carbons (Fsp3) is 0.160. The van der Waals surface area contributed by atoms with E-state index in [1.807, 2.05) is 24.3 Å². The molecule has 0 aliphatic carbocycles. The molecule has 0 amide bonds. The van der Waals surface area contributed by atoms with E-state index in [0.717, 1.165) is 17.0 Å². The number of aromatic nitrogens is 4. The summed E-state index contributed by atoms with van der Waals surface area (Å²) in [6.45, 7) is 4.32. The minimum absolute atomic E-state index is 0.0874. The van der Waals surface area contributed by atoms with Crippen LogP contribution in [-0.4, -0.2) is 30.8 Å². The first-order valence-electron chi connectivity index (χ1n) is 10.4. The second-order valence-corrected chi connectivity index (χ2v) is 7.80. The number of benzene rings is 2. The molecule has 8 heteroatoms. The van der Waals surface area contributed by atoms with Gasteiger partial charge in [0.25, 0.3) is 5.56 Å². The average molecular weight is 442 g/mol. The lowest BCUT2D eigenvalue weighted by atomic mass is 10.1. The quantitative estimate of drug-likeness (QED) is 0.453. The molecule has 2 aromatic carbocycles. The van der Waals surface area contributed by atoms with Gasteiger partial charge in [-0.15, -0.1) is 0 Å². The van der Waals surface area contributed by atoms with Crippen LogP contribution in [0.1, 0.15) is 41.4 Å². The molecule has 4 aromatic rings. The molecular formula is C25H22N4O4. The number of rotatable bonds is 7. The molecule has 0 fully saturated rings.